The third kappa shape index (κ3) is 9.60. The minimum Gasteiger partial charge on any atom is -0.475 e. The fourth-order valence-electron chi connectivity index (χ4n) is 4.94. The number of halogens is 3. The summed E-state index contributed by atoms with van der Waals surface area (Å²) in [6.45, 7) is 10.6. The number of ketones is 1. The number of nitrogens with one attached hydrogen (secondary N) is 3. The number of carboxylic acid groups (broad SMARTS) is 1. The zero-order chi connectivity index (χ0) is 26.4. The zero-order valence-electron chi connectivity index (χ0n) is 20.8. The van der Waals surface area contributed by atoms with Crippen LogP contribution in [0.5, 0.6) is 0 Å². The lowest BCUT2D eigenvalue weighted by molar-refractivity contribution is -0.192. The quantitative estimate of drug-likeness (QED) is 0.463. The Hall–Kier alpha value is -2.46. The monoisotopic (exact) mass is 499 g/mol. The summed E-state index contributed by atoms with van der Waals surface area (Å²) in [5, 5.41) is 17.3. The fourth-order valence-corrected chi connectivity index (χ4v) is 4.94. The van der Waals surface area contributed by atoms with E-state index in [-0.39, 0.29) is 41.7 Å². The molecule has 0 bridgehead atoms. The number of amides is 1. The minimum atomic E-state index is -5.08. The van der Waals surface area contributed by atoms with Crippen LogP contribution in [0.15, 0.2) is 18.2 Å². The maximum Gasteiger partial charge on any atom is 0.490 e. The van der Waals surface area contributed by atoms with Crippen LogP contribution in [0.4, 0.5) is 13.2 Å². The van der Waals surface area contributed by atoms with E-state index in [1.807, 2.05) is 12.1 Å². The summed E-state index contributed by atoms with van der Waals surface area (Å²) in [5.74, 6) is -2.72. The van der Waals surface area contributed by atoms with E-state index in [4.69, 9.17) is 9.90 Å². The summed E-state index contributed by atoms with van der Waals surface area (Å²) < 4.78 is 31.7. The average molecular weight is 500 g/mol. The number of Topliss-reactive ketones (excluding diaryl/α,β-unsaturated/α-hetero) is 1. The molecule has 0 spiro atoms. The van der Waals surface area contributed by atoms with E-state index in [2.05, 4.69) is 49.7 Å². The molecule has 196 valence electrons. The Morgan fingerprint density at radius 1 is 1.00 bits per heavy atom. The van der Waals surface area contributed by atoms with Gasteiger partial charge in [0.1, 0.15) is 0 Å². The number of fused-ring (bicyclic) bond motifs is 1. The minimum absolute atomic E-state index is 0.00772. The van der Waals surface area contributed by atoms with Crippen LogP contribution in [0.2, 0.25) is 0 Å². The first-order valence-corrected chi connectivity index (χ1v) is 11.8. The van der Waals surface area contributed by atoms with Gasteiger partial charge >= 0.3 is 12.1 Å². The largest absolute Gasteiger partial charge is 0.490 e. The van der Waals surface area contributed by atoms with Gasteiger partial charge in [-0.15, -0.1) is 0 Å². The van der Waals surface area contributed by atoms with E-state index in [0.29, 0.717) is 0 Å². The fraction of sp³-hybridized carbons (Fsp3) is 0.640. The summed E-state index contributed by atoms with van der Waals surface area (Å²) in [7, 11) is 0. The summed E-state index contributed by atoms with van der Waals surface area (Å²) in [6.07, 6.45) is -0.805. The molecule has 4 N–H and O–H groups in total. The summed E-state index contributed by atoms with van der Waals surface area (Å²) in [4.78, 5) is 34.0. The Bertz CT molecular complexity index is 913. The second-order valence-electron chi connectivity index (χ2n) is 10.5. The molecule has 2 heterocycles. The van der Waals surface area contributed by atoms with Crippen LogP contribution >= 0.6 is 0 Å². The molecule has 2 aliphatic heterocycles. The van der Waals surface area contributed by atoms with Gasteiger partial charge < -0.3 is 21.1 Å². The molecule has 35 heavy (non-hydrogen) atoms. The molecule has 0 aromatic heterocycles. The lowest BCUT2D eigenvalue weighted by atomic mass is 9.79. The predicted molar refractivity (Wildman–Crippen MR) is 126 cm³/mol. The molecule has 1 aromatic carbocycles. The first-order valence-electron chi connectivity index (χ1n) is 11.8. The van der Waals surface area contributed by atoms with E-state index < -0.39 is 12.1 Å². The van der Waals surface area contributed by atoms with Crippen LogP contribution in [0.1, 0.15) is 74.9 Å². The van der Waals surface area contributed by atoms with Crippen LogP contribution in [-0.4, -0.2) is 59.2 Å². The van der Waals surface area contributed by atoms with E-state index in [9.17, 15) is 22.8 Å². The normalized spacial score (nSPS) is 19.4. The van der Waals surface area contributed by atoms with Gasteiger partial charge in [-0.3, -0.25) is 9.59 Å². The van der Waals surface area contributed by atoms with E-state index in [0.717, 1.165) is 44.3 Å². The van der Waals surface area contributed by atoms with Crippen molar-refractivity contribution in [2.24, 2.45) is 0 Å². The van der Waals surface area contributed by atoms with Gasteiger partial charge in [0.15, 0.2) is 5.78 Å². The van der Waals surface area contributed by atoms with Gasteiger partial charge in [-0.1, -0.05) is 12.1 Å². The molecule has 0 unspecified atom stereocenters. The van der Waals surface area contributed by atoms with Crippen LogP contribution in [0.3, 0.4) is 0 Å². The van der Waals surface area contributed by atoms with Crippen molar-refractivity contribution in [1.29, 1.82) is 0 Å². The second-order valence-corrected chi connectivity index (χ2v) is 10.5. The Kier molecular flexibility index (Phi) is 9.47. The molecule has 0 saturated carbocycles. The highest BCUT2D eigenvalue weighted by Crippen LogP contribution is 2.28. The first kappa shape index (κ1) is 28.8. The molecule has 7 nitrogen and oxygen atoms in total. The SMILES string of the molecule is CC1(C)CC(NC(=O)CCC(=O)c2ccc3c(c2)CCNCC3)CC(C)(C)N1.O=C(O)C(F)(F)F. The molecule has 0 atom stereocenters. The van der Waals surface area contributed by atoms with Crippen molar-refractivity contribution >= 4 is 17.7 Å². The molecule has 3 rings (SSSR count). The predicted octanol–water partition coefficient (Wildman–Crippen LogP) is 3.40. The van der Waals surface area contributed by atoms with Crippen LogP contribution < -0.4 is 16.0 Å². The van der Waals surface area contributed by atoms with Gasteiger partial charge in [-0.05, 0) is 83.7 Å². The lowest BCUT2D eigenvalue weighted by Gasteiger charge is -2.46. The Morgan fingerprint density at radius 2 is 1.54 bits per heavy atom. The summed E-state index contributed by atoms with van der Waals surface area (Å²) >= 11 is 0. The van der Waals surface area contributed by atoms with Crippen molar-refractivity contribution in [1.82, 2.24) is 16.0 Å². The number of benzene rings is 1. The van der Waals surface area contributed by atoms with E-state index in [1.54, 1.807) is 0 Å². The number of alkyl halides is 3. The topological polar surface area (TPSA) is 108 Å². The number of carboxylic acids is 1. The van der Waals surface area contributed by atoms with Gasteiger partial charge in [0.2, 0.25) is 5.91 Å². The van der Waals surface area contributed by atoms with Gasteiger partial charge in [-0.2, -0.15) is 13.2 Å². The van der Waals surface area contributed by atoms with Gasteiger partial charge in [0.05, 0.1) is 0 Å². The number of hydrogen-bond donors (Lipinski definition) is 4. The number of carbonyl (C=O) groups is 3. The standard InChI is InChI=1S/C23H35N3O2.C2HF3O2/c1-22(2)14-19(15-23(3,4)26-22)25-21(28)8-7-20(27)18-6-5-16-9-11-24-12-10-17(16)13-18;3-2(4,5)1(6)7/h5-6,13,19,24,26H,7-12,14-15H2,1-4H3,(H,25,28);(H,6,7). The molecule has 1 aromatic rings. The van der Waals surface area contributed by atoms with Crippen LogP contribution in [0, 0.1) is 0 Å². The van der Waals surface area contributed by atoms with Crippen molar-refractivity contribution < 1.29 is 32.7 Å². The molecule has 0 aliphatic carbocycles. The highest BCUT2D eigenvalue weighted by Gasteiger charge is 2.39. The third-order valence-corrected chi connectivity index (χ3v) is 6.05. The number of piperidine rings is 1. The number of carbonyl (C=O) groups excluding carboxylic acids is 2. The van der Waals surface area contributed by atoms with Gasteiger partial charge in [0.25, 0.3) is 0 Å². The lowest BCUT2D eigenvalue weighted by Crippen LogP contribution is -2.62. The molecule has 2 aliphatic rings. The van der Waals surface area contributed by atoms with Crippen LogP contribution in [0.25, 0.3) is 0 Å². The molecule has 1 saturated heterocycles. The van der Waals surface area contributed by atoms with Crippen molar-refractivity contribution in [3.8, 4) is 0 Å². The Labute approximate surface area is 204 Å². The van der Waals surface area contributed by atoms with Gasteiger partial charge in [0, 0.05) is 35.5 Å². The molecule has 10 heteroatoms. The maximum atomic E-state index is 12.6. The molecule has 0 radical (unpaired) electrons. The average Bonchev–Trinajstić information content (AvgIpc) is 2.94. The van der Waals surface area contributed by atoms with Crippen molar-refractivity contribution in [2.45, 2.75) is 89.5 Å². The Balaban J connectivity index is 0.000000540. The maximum absolute atomic E-state index is 12.6. The second kappa shape index (κ2) is 11.5. The summed E-state index contributed by atoms with van der Waals surface area (Å²) in [5.41, 5.74) is 3.31. The van der Waals surface area contributed by atoms with Crippen molar-refractivity contribution in [3.63, 3.8) is 0 Å². The zero-order valence-corrected chi connectivity index (χ0v) is 20.8. The summed E-state index contributed by atoms with van der Waals surface area (Å²) in [6, 6.07) is 6.17. The highest BCUT2D eigenvalue weighted by atomic mass is 19.4. The number of aliphatic carboxylic acids is 1. The molecular formula is C25H36F3N3O4. The first-order chi connectivity index (χ1) is 16.1. The molecule has 1 fully saturated rings. The smallest absolute Gasteiger partial charge is 0.475 e. The van der Waals surface area contributed by atoms with E-state index >= 15 is 0 Å². The Morgan fingerprint density at radius 3 is 2.09 bits per heavy atom. The number of rotatable bonds is 5. The number of hydrogen-bond acceptors (Lipinski definition) is 5. The van der Waals surface area contributed by atoms with Gasteiger partial charge in [-0.25, -0.2) is 4.79 Å². The molecule has 1 amide bonds. The van der Waals surface area contributed by atoms with E-state index in [1.165, 1.54) is 11.1 Å². The van der Waals surface area contributed by atoms with Crippen molar-refractivity contribution in [2.75, 3.05) is 13.1 Å². The van der Waals surface area contributed by atoms with Crippen LogP contribution in [-0.2, 0) is 22.4 Å². The van der Waals surface area contributed by atoms with Crippen molar-refractivity contribution in [3.05, 3.63) is 34.9 Å². The third-order valence-electron chi connectivity index (χ3n) is 6.05. The highest BCUT2D eigenvalue weighted by molar-refractivity contribution is 5.98. The molecular weight excluding hydrogens is 463 g/mol.